The van der Waals surface area contributed by atoms with E-state index in [2.05, 4.69) is 44.3 Å². The number of para-hydroxylation sites is 1. The van der Waals surface area contributed by atoms with E-state index in [0.29, 0.717) is 6.04 Å². The molecule has 0 heterocycles. The maximum Gasteiger partial charge on any atom is 0.124 e. The van der Waals surface area contributed by atoms with E-state index in [0.717, 1.165) is 38.3 Å². The molecule has 1 aromatic carbocycles. The average Bonchev–Trinajstić information content (AvgIpc) is 2.42. The standard InChI is InChI=1S/C17H29NO2/c1-5-18-16(11-9-13-19-6-2)15-10-7-8-12-17(15)20-14(3)4/h7-8,10,12,14,16,18H,5-6,9,11,13H2,1-4H3. The Balaban J connectivity index is 2.74. The van der Waals surface area contributed by atoms with Gasteiger partial charge in [-0.15, -0.1) is 0 Å². The van der Waals surface area contributed by atoms with Crippen LogP contribution in [0.1, 0.15) is 52.1 Å². The van der Waals surface area contributed by atoms with E-state index >= 15 is 0 Å². The van der Waals surface area contributed by atoms with Crippen molar-refractivity contribution >= 4 is 0 Å². The fraction of sp³-hybridized carbons (Fsp3) is 0.647. The summed E-state index contributed by atoms with van der Waals surface area (Å²) in [5, 5.41) is 3.55. The highest BCUT2D eigenvalue weighted by Gasteiger charge is 2.15. The minimum absolute atomic E-state index is 0.196. The van der Waals surface area contributed by atoms with E-state index in [4.69, 9.17) is 9.47 Å². The normalized spacial score (nSPS) is 12.7. The number of rotatable bonds is 10. The van der Waals surface area contributed by atoms with Crippen molar-refractivity contribution in [3.8, 4) is 5.75 Å². The summed E-state index contributed by atoms with van der Waals surface area (Å²) in [7, 11) is 0. The van der Waals surface area contributed by atoms with Crippen molar-refractivity contribution in [3.63, 3.8) is 0 Å². The lowest BCUT2D eigenvalue weighted by Crippen LogP contribution is -2.22. The Labute approximate surface area is 123 Å². The van der Waals surface area contributed by atoms with Crippen molar-refractivity contribution in [3.05, 3.63) is 29.8 Å². The van der Waals surface area contributed by atoms with Gasteiger partial charge in [0.05, 0.1) is 6.10 Å². The van der Waals surface area contributed by atoms with Gasteiger partial charge in [-0.05, 0) is 46.2 Å². The Morgan fingerprint density at radius 2 is 1.90 bits per heavy atom. The second kappa shape index (κ2) is 9.78. The fourth-order valence-electron chi connectivity index (χ4n) is 2.28. The second-order valence-corrected chi connectivity index (χ2v) is 5.15. The monoisotopic (exact) mass is 279 g/mol. The van der Waals surface area contributed by atoms with Gasteiger partial charge in [-0.3, -0.25) is 0 Å². The molecule has 0 aliphatic heterocycles. The van der Waals surface area contributed by atoms with Crippen LogP contribution in [0.3, 0.4) is 0 Å². The molecule has 1 unspecified atom stereocenters. The molecule has 1 rings (SSSR count). The predicted molar refractivity (Wildman–Crippen MR) is 84.4 cm³/mol. The van der Waals surface area contributed by atoms with E-state index in [-0.39, 0.29) is 6.10 Å². The van der Waals surface area contributed by atoms with Gasteiger partial charge in [-0.25, -0.2) is 0 Å². The molecule has 0 aliphatic carbocycles. The Morgan fingerprint density at radius 1 is 1.15 bits per heavy atom. The number of hydrogen-bond acceptors (Lipinski definition) is 3. The zero-order valence-electron chi connectivity index (χ0n) is 13.3. The first-order chi connectivity index (χ1) is 9.69. The molecule has 1 atom stereocenters. The first-order valence-electron chi connectivity index (χ1n) is 7.75. The van der Waals surface area contributed by atoms with Crippen LogP contribution in [0.2, 0.25) is 0 Å². The Hall–Kier alpha value is -1.06. The molecule has 20 heavy (non-hydrogen) atoms. The van der Waals surface area contributed by atoms with Gasteiger partial charge in [0.2, 0.25) is 0 Å². The van der Waals surface area contributed by atoms with Gasteiger partial charge in [0.15, 0.2) is 0 Å². The van der Waals surface area contributed by atoms with Crippen molar-refractivity contribution in [2.24, 2.45) is 0 Å². The topological polar surface area (TPSA) is 30.5 Å². The zero-order valence-corrected chi connectivity index (χ0v) is 13.3. The summed E-state index contributed by atoms with van der Waals surface area (Å²) in [4.78, 5) is 0. The molecule has 0 aliphatic rings. The highest BCUT2D eigenvalue weighted by molar-refractivity contribution is 5.36. The number of hydrogen-bond donors (Lipinski definition) is 1. The third kappa shape index (κ3) is 5.93. The van der Waals surface area contributed by atoms with Crippen molar-refractivity contribution in [2.45, 2.75) is 52.7 Å². The fourth-order valence-corrected chi connectivity index (χ4v) is 2.28. The molecule has 1 N–H and O–H groups in total. The van der Waals surface area contributed by atoms with Crippen LogP contribution in [0.25, 0.3) is 0 Å². The summed E-state index contributed by atoms with van der Waals surface area (Å²) >= 11 is 0. The lowest BCUT2D eigenvalue weighted by Gasteiger charge is -2.22. The van der Waals surface area contributed by atoms with Crippen LogP contribution in [0, 0.1) is 0 Å². The number of ether oxygens (including phenoxy) is 2. The maximum absolute atomic E-state index is 5.93. The summed E-state index contributed by atoms with van der Waals surface area (Å²) in [6.07, 6.45) is 2.32. The van der Waals surface area contributed by atoms with Crippen LogP contribution in [-0.2, 0) is 4.74 Å². The molecule has 0 bridgehead atoms. The smallest absolute Gasteiger partial charge is 0.124 e. The van der Waals surface area contributed by atoms with Crippen LogP contribution in [0.15, 0.2) is 24.3 Å². The van der Waals surface area contributed by atoms with E-state index in [1.54, 1.807) is 0 Å². The van der Waals surface area contributed by atoms with Crippen LogP contribution in [0.5, 0.6) is 5.75 Å². The summed E-state index contributed by atoms with van der Waals surface area (Å²) < 4.78 is 11.4. The Bertz CT molecular complexity index is 366. The lowest BCUT2D eigenvalue weighted by atomic mass is 10.0. The van der Waals surface area contributed by atoms with Gasteiger partial charge in [-0.1, -0.05) is 25.1 Å². The number of nitrogens with one attached hydrogen (secondary N) is 1. The summed E-state index contributed by atoms with van der Waals surface area (Å²) in [6, 6.07) is 8.66. The maximum atomic E-state index is 5.93. The van der Waals surface area contributed by atoms with Gasteiger partial charge in [0, 0.05) is 24.8 Å². The minimum atomic E-state index is 0.196. The molecule has 0 saturated heterocycles. The summed E-state index contributed by atoms with van der Waals surface area (Å²) in [5.74, 6) is 0.991. The van der Waals surface area contributed by atoms with E-state index < -0.39 is 0 Å². The highest BCUT2D eigenvalue weighted by Crippen LogP contribution is 2.28. The molecule has 3 heteroatoms. The van der Waals surface area contributed by atoms with Crippen LogP contribution >= 0.6 is 0 Å². The molecule has 0 radical (unpaired) electrons. The highest BCUT2D eigenvalue weighted by atomic mass is 16.5. The lowest BCUT2D eigenvalue weighted by molar-refractivity contribution is 0.140. The molecule has 0 saturated carbocycles. The van der Waals surface area contributed by atoms with Crippen molar-refractivity contribution in [1.82, 2.24) is 5.32 Å². The first kappa shape index (κ1) is 17.0. The molecule has 114 valence electrons. The van der Waals surface area contributed by atoms with Gasteiger partial charge >= 0.3 is 0 Å². The molecule has 0 fully saturated rings. The van der Waals surface area contributed by atoms with Crippen molar-refractivity contribution in [1.29, 1.82) is 0 Å². The van der Waals surface area contributed by atoms with E-state index in [1.807, 2.05) is 13.0 Å². The van der Waals surface area contributed by atoms with Gasteiger partial charge < -0.3 is 14.8 Å². The van der Waals surface area contributed by atoms with E-state index in [9.17, 15) is 0 Å². The van der Waals surface area contributed by atoms with Crippen molar-refractivity contribution < 1.29 is 9.47 Å². The van der Waals surface area contributed by atoms with Crippen LogP contribution in [-0.4, -0.2) is 25.9 Å². The first-order valence-corrected chi connectivity index (χ1v) is 7.75. The van der Waals surface area contributed by atoms with Gasteiger partial charge in [0.1, 0.15) is 5.75 Å². The van der Waals surface area contributed by atoms with Crippen LogP contribution in [0.4, 0.5) is 0 Å². The molecule has 1 aromatic rings. The largest absolute Gasteiger partial charge is 0.491 e. The quantitative estimate of drug-likeness (QED) is 0.658. The van der Waals surface area contributed by atoms with Crippen LogP contribution < -0.4 is 10.1 Å². The Morgan fingerprint density at radius 3 is 2.55 bits per heavy atom. The predicted octanol–water partition coefficient (Wildman–Crippen LogP) is 3.94. The molecule has 3 nitrogen and oxygen atoms in total. The van der Waals surface area contributed by atoms with Crippen molar-refractivity contribution in [2.75, 3.05) is 19.8 Å². The Kier molecular flexibility index (Phi) is 8.31. The third-order valence-corrected chi connectivity index (χ3v) is 3.09. The second-order valence-electron chi connectivity index (χ2n) is 5.15. The van der Waals surface area contributed by atoms with E-state index in [1.165, 1.54) is 5.56 Å². The van der Waals surface area contributed by atoms with Gasteiger partial charge in [0.25, 0.3) is 0 Å². The summed E-state index contributed by atoms with van der Waals surface area (Å²) in [6.45, 7) is 10.9. The molecule has 0 spiro atoms. The molecule has 0 amide bonds. The number of benzene rings is 1. The van der Waals surface area contributed by atoms with Gasteiger partial charge in [-0.2, -0.15) is 0 Å². The zero-order chi connectivity index (χ0) is 14.8. The molecule has 0 aromatic heterocycles. The SMILES string of the molecule is CCNC(CCCOCC)c1ccccc1OC(C)C. The summed E-state index contributed by atoms with van der Waals surface area (Å²) in [5.41, 5.74) is 1.25. The minimum Gasteiger partial charge on any atom is -0.491 e. The third-order valence-electron chi connectivity index (χ3n) is 3.09. The molecular formula is C17H29NO2. The average molecular weight is 279 g/mol. The molecular weight excluding hydrogens is 250 g/mol.